The summed E-state index contributed by atoms with van der Waals surface area (Å²) in [6.45, 7) is 5.94. The second-order valence-corrected chi connectivity index (χ2v) is 7.40. The number of benzene rings is 1. The first kappa shape index (κ1) is 21.5. The summed E-state index contributed by atoms with van der Waals surface area (Å²) in [6.07, 6.45) is 1.27. The SMILES string of the molecule is C=C(Cl)c1cc(NC2CCOCC2)nc(-c2cccc(OCC(O)CNC)c2)n1. The first-order valence-electron chi connectivity index (χ1n) is 9.69. The van der Waals surface area contributed by atoms with Gasteiger partial charge in [0.05, 0.1) is 10.7 Å². The molecule has 156 valence electrons. The lowest BCUT2D eigenvalue weighted by Crippen LogP contribution is -2.29. The molecule has 0 aliphatic carbocycles. The number of aliphatic hydroxyl groups is 1. The topological polar surface area (TPSA) is 88.5 Å². The number of ether oxygens (including phenoxy) is 2. The monoisotopic (exact) mass is 418 g/mol. The molecule has 1 aromatic carbocycles. The highest BCUT2D eigenvalue weighted by atomic mass is 35.5. The molecule has 1 unspecified atom stereocenters. The Morgan fingerprint density at radius 1 is 1.34 bits per heavy atom. The minimum atomic E-state index is -0.585. The molecule has 1 aliphatic heterocycles. The number of halogens is 1. The van der Waals surface area contributed by atoms with E-state index in [-0.39, 0.29) is 6.61 Å². The van der Waals surface area contributed by atoms with Gasteiger partial charge >= 0.3 is 0 Å². The molecule has 1 aliphatic rings. The van der Waals surface area contributed by atoms with Crippen molar-refractivity contribution in [2.24, 2.45) is 0 Å². The molecule has 2 aromatic rings. The Morgan fingerprint density at radius 2 is 2.14 bits per heavy atom. The third kappa shape index (κ3) is 6.40. The van der Waals surface area contributed by atoms with Crippen molar-refractivity contribution in [2.45, 2.75) is 25.0 Å². The summed E-state index contributed by atoms with van der Waals surface area (Å²) in [5, 5.41) is 16.6. The first-order chi connectivity index (χ1) is 14.0. The molecular weight excluding hydrogens is 392 g/mol. The van der Waals surface area contributed by atoms with Gasteiger partial charge in [-0.15, -0.1) is 0 Å². The number of hydrogen-bond acceptors (Lipinski definition) is 7. The van der Waals surface area contributed by atoms with E-state index in [0.29, 0.717) is 40.7 Å². The Bertz CT molecular complexity index is 827. The first-order valence-corrected chi connectivity index (χ1v) is 10.1. The van der Waals surface area contributed by atoms with Crippen LogP contribution >= 0.6 is 11.6 Å². The highest BCUT2D eigenvalue weighted by Crippen LogP contribution is 2.26. The molecule has 1 aromatic heterocycles. The number of rotatable bonds is 9. The molecule has 0 bridgehead atoms. The standard InChI is InChI=1S/C21H27ClN4O3/c1-14(22)19-11-20(24-16-6-8-28-9-7-16)26-21(25-19)15-4-3-5-18(10-15)29-13-17(27)12-23-2/h3-5,10-11,16-17,23,27H,1,6-9,12-13H2,2H3,(H,24,25,26). The zero-order valence-corrected chi connectivity index (χ0v) is 17.3. The second kappa shape index (κ2) is 10.5. The molecule has 0 spiro atoms. The highest BCUT2D eigenvalue weighted by molar-refractivity contribution is 6.48. The number of nitrogens with zero attached hydrogens (tertiary/aromatic N) is 2. The van der Waals surface area contributed by atoms with Crippen LogP contribution in [0.1, 0.15) is 18.5 Å². The van der Waals surface area contributed by atoms with Crippen LogP contribution in [-0.2, 0) is 4.74 Å². The average molecular weight is 419 g/mol. The van der Waals surface area contributed by atoms with Gasteiger partial charge in [0.2, 0.25) is 0 Å². The Morgan fingerprint density at radius 3 is 2.86 bits per heavy atom. The summed E-state index contributed by atoms with van der Waals surface area (Å²) >= 11 is 6.13. The summed E-state index contributed by atoms with van der Waals surface area (Å²) in [5.74, 6) is 1.87. The summed E-state index contributed by atoms with van der Waals surface area (Å²) < 4.78 is 11.1. The van der Waals surface area contributed by atoms with Gasteiger partial charge in [-0.1, -0.05) is 30.3 Å². The molecule has 1 atom stereocenters. The van der Waals surface area contributed by atoms with Gasteiger partial charge in [0.25, 0.3) is 0 Å². The summed E-state index contributed by atoms with van der Waals surface area (Å²) in [6, 6.07) is 9.56. The maximum absolute atomic E-state index is 9.83. The largest absolute Gasteiger partial charge is 0.491 e. The molecule has 0 saturated carbocycles. The maximum Gasteiger partial charge on any atom is 0.162 e. The van der Waals surface area contributed by atoms with E-state index in [9.17, 15) is 5.11 Å². The zero-order chi connectivity index (χ0) is 20.6. The van der Waals surface area contributed by atoms with Gasteiger partial charge < -0.3 is 25.2 Å². The van der Waals surface area contributed by atoms with E-state index in [2.05, 4.69) is 27.2 Å². The van der Waals surface area contributed by atoms with Crippen LogP contribution in [0.3, 0.4) is 0 Å². The molecule has 3 N–H and O–H groups in total. The second-order valence-electron chi connectivity index (χ2n) is 6.95. The summed E-state index contributed by atoms with van der Waals surface area (Å²) in [7, 11) is 1.78. The zero-order valence-electron chi connectivity index (χ0n) is 16.5. The lowest BCUT2D eigenvalue weighted by Gasteiger charge is -2.24. The molecule has 7 nitrogen and oxygen atoms in total. The minimum absolute atomic E-state index is 0.195. The van der Waals surface area contributed by atoms with Crippen LogP contribution in [0.2, 0.25) is 0 Å². The Labute approximate surface area is 176 Å². The fourth-order valence-corrected chi connectivity index (χ4v) is 3.15. The van der Waals surface area contributed by atoms with Crippen molar-refractivity contribution in [3.05, 3.63) is 42.6 Å². The van der Waals surface area contributed by atoms with Gasteiger partial charge in [-0.3, -0.25) is 0 Å². The molecule has 1 fully saturated rings. The molecule has 8 heteroatoms. The minimum Gasteiger partial charge on any atom is -0.491 e. The van der Waals surface area contributed by atoms with Gasteiger partial charge in [0.1, 0.15) is 24.3 Å². The number of aliphatic hydroxyl groups excluding tert-OH is 1. The van der Waals surface area contributed by atoms with Gasteiger partial charge in [-0.2, -0.15) is 0 Å². The predicted molar refractivity (Wildman–Crippen MR) is 115 cm³/mol. The third-order valence-electron chi connectivity index (χ3n) is 4.55. The maximum atomic E-state index is 9.83. The summed E-state index contributed by atoms with van der Waals surface area (Å²) in [5.41, 5.74) is 1.36. The quantitative estimate of drug-likeness (QED) is 0.577. The number of likely N-dealkylation sites (N-methyl/N-ethyl adjacent to an activating group) is 1. The number of nitrogens with one attached hydrogen (secondary N) is 2. The molecule has 1 saturated heterocycles. The Balaban J connectivity index is 1.81. The van der Waals surface area contributed by atoms with Gasteiger partial charge in [-0.25, -0.2) is 9.97 Å². The van der Waals surface area contributed by atoms with E-state index in [1.54, 1.807) is 7.05 Å². The van der Waals surface area contributed by atoms with Crippen molar-refractivity contribution in [1.82, 2.24) is 15.3 Å². The van der Waals surface area contributed by atoms with Crippen LogP contribution in [-0.4, -0.2) is 60.6 Å². The number of aromatic nitrogens is 2. The van der Waals surface area contributed by atoms with Crippen LogP contribution in [0.4, 0.5) is 5.82 Å². The van der Waals surface area contributed by atoms with Crippen LogP contribution in [0.15, 0.2) is 36.9 Å². The Kier molecular flexibility index (Phi) is 7.83. The smallest absolute Gasteiger partial charge is 0.162 e. The van der Waals surface area contributed by atoms with Crippen LogP contribution in [0.5, 0.6) is 5.75 Å². The fraction of sp³-hybridized carbons (Fsp3) is 0.429. The molecule has 0 radical (unpaired) electrons. The van der Waals surface area contributed by atoms with Crippen LogP contribution in [0, 0.1) is 0 Å². The van der Waals surface area contributed by atoms with E-state index < -0.39 is 6.10 Å². The molecular formula is C21H27ClN4O3. The van der Waals surface area contributed by atoms with Gasteiger partial charge in [0, 0.05) is 37.4 Å². The normalized spacial score (nSPS) is 15.7. The van der Waals surface area contributed by atoms with E-state index in [1.165, 1.54) is 0 Å². The van der Waals surface area contributed by atoms with E-state index >= 15 is 0 Å². The molecule has 29 heavy (non-hydrogen) atoms. The molecule has 2 heterocycles. The Hall–Kier alpha value is -2.19. The molecule has 3 rings (SSSR count). The lowest BCUT2D eigenvalue weighted by molar-refractivity contribution is 0.0904. The third-order valence-corrected chi connectivity index (χ3v) is 4.75. The number of hydrogen-bond donors (Lipinski definition) is 3. The molecule has 0 amide bonds. The predicted octanol–water partition coefficient (Wildman–Crippen LogP) is 2.90. The van der Waals surface area contributed by atoms with Crippen molar-refractivity contribution >= 4 is 22.5 Å². The van der Waals surface area contributed by atoms with E-state index in [0.717, 1.165) is 31.6 Å². The van der Waals surface area contributed by atoms with E-state index in [4.69, 9.17) is 21.1 Å². The highest BCUT2D eigenvalue weighted by Gasteiger charge is 2.16. The lowest BCUT2D eigenvalue weighted by atomic mass is 10.1. The van der Waals surface area contributed by atoms with Crippen LogP contribution in [0.25, 0.3) is 16.4 Å². The van der Waals surface area contributed by atoms with E-state index in [1.807, 2.05) is 30.3 Å². The van der Waals surface area contributed by atoms with Crippen molar-refractivity contribution in [3.8, 4) is 17.1 Å². The van der Waals surface area contributed by atoms with Crippen LogP contribution < -0.4 is 15.4 Å². The van der Waals surface area contributed by atoms with Crippen molar-refractivity contribution < 1.29 is 14.6 Å². The summed E-state index contributed by atoms with van der Waals surface area (Å²) in [4.78, 5) is 9.21. The van der Waals surface area contributed by atoms with Gasteiger partial charge in [-0.05, 0) is 32.0 Å². The van der Waals surface area contributed by atoms with Crippen molar-refractivity contribution in [1.29, 1.82) is 0 Å². The fourth-order valence-electron chi connectivity index (χ4n) is 3.05. The van der Waals surface area contributed by atoms with Crippen molar-refractivity contribution in [2.75, 3.05) is 38.7 Å². The van der Waals surface area contributed by atoms with Gasteiger partial charge in [0.15, 0.2) is 5.82 Å². The number of anilines is 1. The average Bonchev–Trinajstić information content (AvgIpc) is 2.73. The van der Waals surface area contributed by atoms with Crippen molar-refractivity contribution in [3.63, 3.8) is 0 Å².